The Bertz CT molecular complexity index is 370. The van der Waals surface area contributed by atoms with Gasteiger partial charge in [0.1, 0.15) is 11.8 Å². The average molecular weight is 251 g/mol. The summed E-state index contributed by atoms with van der Waals surface area (Å²) in [6.07, 6.45) is -0.316. The highest BCUT2D eigenvalue weighted by atomic mass is 16.6. The minimum atomic E-state index is -0.889. The van der Waals surface area contributed by atoms with E-state index in [4.69, 9.17) is 4.74 Å². The van der Waals surface area contributed by atoms with Crippen molar-refractivity contribution in [3.8, 4) is 0 Å². The number of amides is 1. The minimum absolute atomic E-state index is 0.462. The van der Waals surface area contributed by atoms with Crippen molar-refractivity contribution in [2.24, 2.45) is 0 Å². The Kier molecular flexibility index (Phi) is 5.16. The zero-order chi connectivity index (χ0) is 13.6. The molecule has 0 saturated heterocycles. The van der Waals surface area contributed by atoms with Gasteiger partial charge in [-0.25, -0.2) is 4.79 Å². The lowest BCUT2D eigenvalue weighted by atomic mass is 10.1. The number of aliphatic hydroxyl groups is 1. The van der Waals surface area contributed by atoms with Crippen LogP contribution in [-0.4, -0.2) is 23.0 Å². The van der Waals surface area contributed by atoms with Crippen LogP contribution in [0, 0.1) is 0 Å². The quantitative estimate of drug-likeness (QED) is 0.808. The van der Waals surface area contributed by atoms with Crippen LogP contribution < -0.4 is 5.32 Å². The molecule has 1 aromatic rings. The van der Waals surface area contributed by atoms with Crippen LogP contribution in [0.15, 0.2) is 30.3 Å². The highest BCUT2D eigenvalue weighted by Gasteiger charge is 2.18. The Morgan fingerprint density at radius 2 is 1.94 bits per heavy atom. The van der Waals surface area contributed by atoms with E-state index in [9.17, 15) is 9.90 Å². The molecule has 18 heavy (non-hydrogen) atoms. The smallest absolute Gasteiger partial charge is 0.409 e. The number of carbonyl (C=O) groups is 1. The Hall–Kier alpha value is -1.55. The van der Waals surface area contributed by atoms with E-state index in [1.807, 2.05) is 30.3 Å². The summed E-state index contributed by atoms with van der Waals surface area (Å²) in [4.78, 5) is 11.4. The maximum Gasteiger partial charge on any atom is 0.409 e. The van der Waals surface area contributed by atoms with Gasteiger partial charge in [-0.15, -0.1) is 0 Å². The van der Waals surface area contributed by atoms with Crippen LogP contribution in [0.1, 0.15) is 32.8 Å². The lowest BCUT2D eigenvalue weighted by Gasteiger charge is -2.21. The van der Waals surface area contributed by atoms with Crippen LogP contribution in [0.5, 0.6) is 0 Å². The summed E-state index contributed by atoms with van der Waals surface area (Å²) in [5, 5.41) is 12.1. The molecule has 0 aliphatic heterocycles. The van der Waals surface area contributed by atoms with Crippen molar-refractivity contribution in [2.45, 2.75) is 45.4 Å². The monoisotopic (exact) mass is 251 g/mol. The van der Waals surface area contributed by atoms with Gasteiger partial charge in [0, 0.05) is 0 Å². The topological polar surface area (TPSA) is 58.6 Å². The van der Waals surface area contributed by atoms with Gasteiger partial charge >= 0.3 is 6.09 Å². The number of benzene rings is 1. The molecule has 4 nitrogen and oxygen atoms in total. The molecule has 0 aromatic heterocycles. The maximum absolute atomic E-state index is 11.4. The number of hydrogen-bond donors (Lipinski definition) is 2. The van der Waals surface area contributed by atoms with E-state index in [1.165, 1.54) is 0 Å². The third-order valence-electron chi connectivity index (χ3n) is 2.23. The molecule has 1 amide bonds. The number of carbonyl (C=O) groups excluding carboxylic acids is 1. The number of alkyl carbamates (subject to hydrolysis) is 1. The molecule has 1 aromatic carbocycles. The van der Waals surface area contributed by atoms with Gasteiger partial charge < -0.3 is 9.84 Å². The van der Waals surface area contributed by atoms with E-state index in [1.54, 1.807) is 20.8 Å². The van der Waals surface area contributed by atoms with Crippen LogP contribution in [0.4, 0.5) is 4.79 Å². The number of nitrogens with one attached hydrogen (secondary N) is 1. The van der Waals surface area contributed by atoms with E-state index in [0.717, 1.165) is 5.56 Å². The van der Waals surface area contributed by atoms with Crippen molar-refractivity contribution >= 4 is 6.09 Å². The van der Waals surface area contributed by atoms with Gasteiger partial charge in [-0.1, -0.05) is 30.3 Å². The van der Waals surface area contributed by atoms with E-state index in [2.05, 4.69) is 5.32 Å². The normalized spacial score (nSPS) is 12.9. The Morgan fingerprint density at radius 1 is 1.33 bits per heavy atom. The molecule has 4 heteroatoms. The summed E-state index contributed by atoms with van der Waals surface area (Å²) >= 11 is 0. The van der Waals surface area contributed by atoms with Crippen LogP contribution in [0.3, 0.4) is 0 Å². The maximum atomic E-state index is 11.4. The largest absolute Gasteiger partial charge is 0.444 e. The Labute approximate surface area is 108 Å². The van der Waals surface area contributed by atoms with Gasteiger partial charge in [0.25, 0.3) is 0 Å². The molecular weight excluding hydrogens is 230 g/mol. The molecule has 0 unspecified atom stereocenters. The zero-order valence-electron chi connectivity index (χ0n) is 11.1. The summed E-state index contributed by atoms with van der Waals surface area (Å²) in [5.41, 5.74) is 0.575. The molecular formula is C14H21NO3. The zero-order valence-corrected chi connectivity index (χ0v) is 11.1. The second-order valence-corrected chi connectivity index (χ2v) is 5.19. The van der Waals surface area contributed by atoms with E-state index < -0.39 is 17.9 Å². The van der Waals surface area contributed by atoms with Crippen LogP contribution >= 0.6 is 0 Å². The SMILES string of the molecule is CC(C)(C)OC(=O)N[C@H](O)CCc1ccccc1. The molecule has 0 spiro atoms. The third-order valence-corrected chi connectivity index (χ3v) is 2.23. The summed E-state index contributed by atoms with van der Waals surface area (Å²) in [6.45, 7) is 5.34. The molecule has 0 aliphatic rings. The predicted octanol–water partition coefficient (Wildman–Crippen LogP) is 2.46. The standard InChI is InChI=1S/C14H21NO3/c1-14(2,3)18-13(17)15-12(16)10-9-11-7-5-4-6-8-11/h4-8,12,16H,9-10H2,1-3H3,(H,15,17)/t12-/m1/s1. The summed E-state index contributed by atoms with van der Waals surface area (Å²) in [7, 11) is 0. The first-order valence-electron chi connectivity index (χ1n) is 6.08. The van der Waals surface area contributed by atoms with Crippen LogP contribution in [-0.2, 0) is 11.2 Å². The van der Waals surface area contributed by atoms with Crippen molar-refractivity contribution in [3.05, 3.63) is 35.9 Å². The molecule has 0 bridgehead atoms. The van der Waals surface area contributed by atoms with E-state index in [0.29, 0.717) is 12.8 Å². The van der Waals surface area contributed by atoms with Crippen LogP contribution in [0.2, 0.25) is 0 Å². The van der Waals surface area contributed by atoms with Crippen molar-refractivity contribution in [2.75, 3.05) is 0 Å². The predicted molar refractivity (Wildman–Crippen MR) is 70.1 cm³/mol. The van der Waals surface area contributed by atoms with Gasteiger partial charge in [-0.2, -0.15) is 0 Å². The van der Waals surface area contributed by atoms with Gasteiger partial charge in [-0.3, -0.25) is 5.32 Å². The Morgan fingerprint density at radius 3 is 2.50 bits per heavy atom. The lowest BCUT2D eigenvalue weighted by Crippen LogP contribution is -2.39. The molecule has 100 valence electrons. The second kappa shape index (κ2) is 6.40. The van der Waals surface area contributed by atoms with Gasteiger partial charge in [0.15, 0.2) is 0 Å². The van der Waals surface area contributed by atoms with Crippen molar-refractivity contribution in [1.82, 2.24) is 5.32 Å². The fourth-order valence-corrected chi connectivity index (χ4v) is 1.46. The molecule has 0 fully saturated rings. The number of aliphatic hydroxyl groups excluding tert-OH is 1. The summed E-state index contributed by atoms with van der Waals surface area (Å²) in [6, 6.07) is 9.81. The van der Waals surface area contributed by atoms with Crippen molar-refractivity contribution < 1.29 is 14.6 Å². The molecule has 0 radical (unpaired) electrons. The molecule has 1 rings (SSSR count). The first-order valence-corrected chi connectivity index (χ1v) is 6.08. The molecule has 0 aliphatic carbocycles. The van der Waals surface area contributed by atoms with Gasteiger partial charge in [0.2, 0.25) is 0 Å². The summed E-state index contributed by atoms with van der Waals surface area (Å²) < 4.78 is 5.05. The number of ether oxygens (including phenoxy) is 1. The first kappa shape index (κ1) is 14.5. The van der Waals surface area contributed by atoms with Gasteiger partial charge in [0.05, 0.1) is 0 Å². The average Bonchev–Trinajstić information content (AvgIpc) is 2.25. The number of aryl methyl sites for hydroxylation is 1. The van der Waals surface area contributed by atoms with Crippen molar-refractivity contribution in [1.29, 1.82) is 0 Å². The number of rotatable bonds is 4. The molecule has 1 atom stereocenters. The fraction of sp³-hybridized carbons (Fsp3) is 0.500. The molecule has 2 N–H and O–H groups in total. The lowest BCUT2D eigenvalue weighted by molar-refractivity contribution is 0.0345. The van der Waals surface area contributed by atoms with E-state index in [-0.39, 0.29) is 0 Å². The van der Waals surface area contributed by atoms with Gasteiger partial charge in [-0.05, 0) is 39.2 Å². The fourth-order valence-electron chi connectivity index (χ4n) is 1.46. The molecule has 0 saturated carbocycles. The molecule has 0 heterocycles. The van der Waals surface area contributed by atoms with E-state index >= 15 is 0 Å². The first-order chi connectivity index (χ1) is 8.37. The minimum Gasteiger partial charge on any atom is -0.444 e. The highest BCUT2D eigenvalue weighted by molar-refractivity contribution is 5.67. The Balaban J connectivity index is 2.29. The number of hydrogen-bond acceptors (Lipinski definition) is 3. The third kappa shape index (κ3) is 6.25. The summed E-state index contributed by atoms with van der Waals surface area (Å²) in [5.74, 6) is 0. The second-order valence-electron chi connectivity index (χ2n) is 5.19. The highest BCUT2D eigenvalue weighted by Crippen LogP contribution is 2.08. The van der Waals surface area contributed by atoms with Crippen molar-refractivity contribution in [3.63, 3.8) is 0 Å². The van der Waals surface area contributed by atoms with Crippen LogP contribution in [0.25, 0.3) is 0 Å².